The molecule has 1 aromatic rings. The number of nitrogens with zero attached hydrogens (tertiary/aromatic N) is 2. The molecule has 0 radical (unpaired) electrons. The highest BCUT2D eigenvalue weighted by Gasteiger charge is 1.99. The number of halogens is 1. The minimum Gasteiger partial charge on any atom is -0.365 e. The van der Waals surface area contributed by atoms with E-state index >= 15 is 0 Å². The number of rotatable bonds is 2. The molecule has 14 heavy (non-hydrogen) atoms. The van der Waals surface area contributed by atoms with E-state index in [1.807, 2.05) is 0 Å². The zero-order valence-corrected chi connectivity index (χ0v) is 6.98. The van der Waals surface area contributed by atoms with Crippen molar-refractivity contribution in [1.82, 2.24) is 5.43 Å². The van der Waals surface area contributed by atoms with Crippen molar-refractivity contribution in [2.45, 2.75) is 0 Å². The first kappa shape index (κ1) is 9.90. The predicted molar refractivity (Wildman–Crippen MR) is 47.8 cm³/mol. The number of nitrogens with one attached hydrogen (secondary N) is 1. The molecule has 0 saturated heterocycles. The molecule has 0 aliphatic rings. The van der Waals surface area contributed by atoms with Gasteiger partial charge in [-0.25, -0.2) is 19.5 Å². The van der Waals surface area contributed by atoms with Crippen molar-refractivity contribution in [3.8, 4) is 0 Å². The third-order valence-electron chi connectivity index (χ3n) is 1.28. The van der Waals surface area contributed by atoms with Crippen molar-refractivity contribution in [2.75, 3.05) is 0 Å². The Morgan fingerprint density at radius 2 is 2.07 bits per heavy atom. The maximum absolute atomic E-state index is 12.4. The van der Waals surface area contributed by atoms with Crippen molar-refractivity contribution in [2.24, 2.45) is 10.7 Å². The number of guanidine groups is 1. The first-order valence-electron chi connectivity index (χ1n) is 3.58. The number of hydrogen-bond acceptors (Lipinski definition) is 3. The topological polar surface area (TPSA) is 93.5 Å². The number of hydrogen-bond donors (Lipinski definition) is 2. The van der Waals surface area contributed by atoms with E-state index in [2.05, 4.69) is 4.99 Å². The van der Waals surface area contributed by atoms with Gasteiger partial charge in [0.15, 0.2) is 5.03 Å². The van der Waals surface area contributed by atoms with Crippen LogP contribution in [-0.4, -0.2) is 11.0 Å². The maximum atomic E-state index is 12.4. The van der Waals surface area contributed by atoms with Crippen molar-refractivity contribution in [3.63, 3.8) is 0 Å². The van der Waals surface area contributed by atoms with E-state index in [0.29, 0.717) is 5.69 Å². The van der Waals surface area contributed by atoms with Crippen molar-refractivity contribution >= 4 is 11.6 Å². The fraction of sp³-hybridized carbons (Fsp3) is 0. The van der Waals surface area contributed by atoms with Crippen LogP contribution in [0.1, 0.15) is 0 Å². The molecule has 0 aliphatic heterocycles. The summed E-state index contributed by atoms with van der Waals surface area (Å²) in [6, 6.07) is 5.06. The highest BCUT2D eigenvalue weighted by molar-refractivity contribution is 5.79. The molecule has 0 spiro atoms. The summed E-state index contributed by atoms with van der Waals surface area (Å²) in [7, 11) is 0. The fourth-order valence-corrected chi connectivity index (χ4v) is 0.773. The second-order valence-electron chi connectivity index (χ2n) is 2.34. The van der Waals surface area contributed by atoms with Crippen LogP contribution in [0.25, 0.3) is 0 Å². The smallest absolute Gasteiger partial charge is 0.256 e. The predicted octanol–water partition coefficient (Wildman–Crippen LogP) is 0.553. The molecule has 0 bridgehead atoms. The van der Waals surface area contributed by atoms with Gasteiger partial charge in [0.1, 0.15) is 5.82 Å². The Bertz CT molecular complexity index is 362. The molecular formula is C7H7FN4O2. The Hall–Kier alpha value is -2.18. The molecule has 0 amide bonds. The van der Waals surface area contributed by atoms with E-state index in [1.165, 1.54) is 24.3 Å². The third-order valence-corrected chi connectivity index (χ3v) is 1.28. The summed E-state index contributed by atoms with van der Waals surface area (Å²) in [6.07, 6.45) is 0. The van der Waals surface area contributed by atoms with Crippen LogP contribution in [0, 0.1) is 15.9 Å². The fourth-order valence-electron chi connectivity index (χ4n) is 0.773. The highest BCUT2D eigenvalue weighted by atomic mass is 19.1. The number of aliphatic imine (C=N–C) groups is 1. The lowest BCUT2D eigenvalue weighted by atomic mass is 10.3. The summed E-state index contributed by atoms with van der Waals surface area (Å²) in [5.74, 6) is -0.772. The molecular weight excluding hydrogens is 191 g/mol. The monoisotopic (exact) mass is 198 g/mol. The Morgan fingerprint density at radius 3 is 2.57 bits per heavy atom. The van der Waals surface area contributed by atoms with Gasteiger partial charge < -0.3 is 5.73 Å². The summed E-state index contributed by atoms with van der Waals surface area (Å²) >= 11 is 0. The Kier molecular flexibility index (Phi) is 2.95. The summed E-state index contributed by atoms with van der Waals surface area (Å²) in [6.45, 7) is 0. The van der Waals surface area contributed by atoms with Gasteiger partial charge in [-0.3, -0.25) is 0 Å². The lowest BCUT2D eigenvalue weighted by Gasteiger charge is -1.96. The van der Waals surface area contributed by atoms with E-state index in [-0.39, 0.29) is 5.96 Å². The number of nitro groups is 1. The second-order valence-corrected chi connectivity index (χ2v) is 2.34. The third kappa shape index (κ3) is 3.05. The van der Waals surface area contributed by atoms with Crippen LogP contribution in [0.15, 0.2) is 29.3 Å². The van der Waals surface area contributed by atoms with Crippen molar-refractivity contribution in [1.29, 1.82) is 0 Å². The van der Waals surface area contributed by atoms with Crippen molar-refractivity contribution in [3.05, 3.63) is 40.2 Å². The zero-order chi connectivity index (χ0) is 10.6. The average molecular weight is 198 g/mol. The maximum Gasteiger partial charge on any atom is 0.256 e. The van der Waals surface area contributed by atoms with Gasteiger partial charge >= 0.3 is 0 Å². The molecule has 1 aromatic carbocycles. The van der Waals surface area contributed by atoms with E-state index < -0.39 is 10.8 Å². The summed E-state index contributed by atoms with van der Waals surface area (Å²) < 4.78 is 12.4. The lowest BCUT2D eigenvalue weighted by molar-refractivity contribution is -0.525. The van der Waals surface area contributed by atoms with E-state index in [1.54, 1.807) is 5.43 Å². The Labute approximate surface area is 78.4 Å². The van der Waals surface area contributed by atoms with Crippen LogP contribution in [-0.2, 0) is 0 Å². The molecule has 0 atom stereocenters. The van der Waals surface area contributed by atoms with Gasteiger partial charge in [0.25, 0.3) is 5.96 Å². The van der Waals surface area contributed by atoms with E-state index in [0.717, 1.165) is 0 Å². The minimum atomic E-state index is -0.831. The van der Waals surface area contributed by atoms with E-state index in [4.69, 9.17) is 5.73 Å². The SMILES string of the molecule is NC(=Nc1ccc(F)cc1)N[N+](=O)[O-]. The lowest BCUT2D eigenvalue weighted by Crippen LogP contribution is -2.35. The minimum absolute atomic E-state index is 0.332. The van der Waals surface area contributed by atoms with Gasteiger partial charge in [0.05, 0.1) is 5.69 Å². The second kappa shape index (κ2) is 4.17. The Morgan fingerprint density at radius 1 is 1.50 bits per heavy atom. The first-order valence-corrected chi connectivity index (χ1v) is 3.58. The summed E-state index contributed by atoms with van der Waals surface area (Å²) in [5.41, 5.74) is 7.14. The first-order chi connectivity index (χ1) is 6.58. The molecule has 74 valence electrons. The highest BCUT2D eigenvalue weighted by Crippen LogP contribution is 2.11. The van der Waals surface area contributed by atoms with Crippen LogP contribution in [0.5, 0.6) is 0 Å². The van der Waals surface area contributed by atoms with Gasteiger partial charge in [0.2, 0.25) is 0 Å². The van der Waals surface area contributed by atoms with Crippen LogP contribution < -0.4 is 11.2 Å². The van der Waals surface area contributed by atoms with E-state index in [9.17, 15) is 14.5 Å². The molecule has 6 nitrogen and oxygen atoms in total. The van der Waals surface area contributed by atoms with Crippen molar-refractivity contribution < 1.29 is 9.42 Å². The van der Waals surface area contributed by atoms with Crippen LogP contribution in [0.3, 0.4) is 0 Å². The molecule has 7 heteroatoms. The normalized spacial score (nSPS) is 11.1. The molecule has 1 rings (SSSR count). The molecule has 3 N–H and O–H groups in total. The van der Waals surface area contributed by atoms with Gasteiger partial charge in [-0.2, -0.15) is 0 Å². The molecule has 0 saturated carbocycles. The van der Waals surface area contributed by atoms with Gasteiger partial charge in [-0.15, -0.1) is 0 Å². The molecule has 0 unspecified atom stereocenters. The van der Waals surface area contributed by atoms with Crippen LogP contribution in [0.4, 0.5) is 10.1 Å². The molecule has 0 heterocycles. The summed E-state index contributed by atoms with van der Waals surface area (Å²) in [5, 5.41) is 9.10. The number of nitrogens with two attached hydrogens (primary N) is 1. The molecule has 0 aliphatic carbocycles. The van der Waals surface area contributed by atoms with Gasteiger partial charge in [0, 0.05) is 0 Å². The zero-order valence-electron chi connectivity index (χ0n) is 6.98. The van der Waals surface area contributed by atoms with Crippen LogP contribution >= 0.6 is 0 Å². The quantitative estimate of drug-likeness (QED) is 0.314. The standard InChI is InChI=1S/C7H7FN4O2/c8-5-1-3-6(4-2-5)10-7(9)11-12(13)14/h1-4H,(H3,9,10,11). The van der Waals surface area contributed by atoms with Crippen LogP contribution in [0.2, 0.25) is 0 Å². The average Bonchev–Trinajstić information content (AvgIpc) is 2.07. The largest absolute Gasteiger partial charge is 0.365 e. The number of hydrazine groups is 1. The molecule has 0 aromatic heterocycles. The van der Waals surface area contributed by atoms with Gasteiger partial charge in [-0.05, 0) is 24.3 Å². The number of benzene rings is 1. The Balaban J connectivity index is 2.76. The summed E-state index contributed by atoms with van der Waals surface area (Å²) in [4.78, 5) is 13.5. The van der Waals surface area contributed by atoms with Gasteiger partial charge in [-0.1, -0.05) is 5.43 Å². The molecule has 0 fully saturated rings.